The summed E-state index contributed by atoms with van der Waals surface area (Å²) in [7, 11) is 0. The van der Waals surface area contributed by atoms with Crippen molar-refractivity contribution in [3.8, 4) is 0 Å². The summed E-state index contributed by atoms with van der Waals surface area (Å²) in [4.78, 5) is 2.58. The molecular weight excluding hydrogens is 310 g/mol. The Kier molecular flexibility index (Phi) is 5.38. The van der Waals surface area contributed by atoms with Crippen molar-refractivity contribution in [2.45, 2.75) is 50.9 Å². The molecular formula is C15H21BrClN. The van der Waals surface area contributed by atoms with Gasteiger partial charge in [0.05, 0.1) is 0 Å². The number of anilines is 1. The van der Waals surface area contributed by atoms with Gasteiger partial charge in [-0.15, -0.1) is 11.6 Å². The largest absolute Gasteiger partial charge is 0.368 e. The zero-order chi connectivity index (χ0) is 13.0. The molecule has 0 aromatic heterocycles. The number of hydrogen-bond acceptors (Lipinski definition) is 1. The van der Waals surface area contributed by atoms with Crippen molar-refractivity contribution in [3.63, 3.8) is 0 Å². The van der Waals surface area contributed by atoms with E-state index in [9.17, 15) is 0 Å². The van der Waals surface area contributed by atoms with E-state index in [-0.39, 0.29) is 0 Å². The maximum atomic E-state index is 6.10. The summed E-state index contributed by atoms with van der Waals surface area (Å²) in [6.07, 6.45) is 6.54. The number of alkyl halides is 1. The second-order valence-corrected chi connectivity index (χ2v) is 6.22. The van der Waals surface area contributed by atoms with Gasteiger partial charge >= 0.3 is 0 Å². The molecule has 0 aliphatic carbocycles. The highest BCUT2D eigenvalue weighted by molar-refractivity contribution is 9.10. The fourth-order valence-electron chi connectivity index (χ4n) is 2.89. The molecule has 2 rings (SSSR count). The van der Waals surface area contributed by atoms with Crippen LogP contribution in [0.4, 0.5) is 5.69 Å². The number of hydrogen-bond donors (Lipinski definition) is 0. The molecule has 1 saturated heterocycles. The molecule has 0 N–H and O–H groups in total. The summed E-state index contributed by atoms with van der Waals surface area (Å²) in [6, 6.07) is 7.20. The first-order valence-corrected chi connectivity index (χ1v) is 8.20. The van der Waals surface area contributed by atoms with Crippen molar-refractivity contribution < 1.29 is 0 Å². The van der Waals surface area contributed by atoms with Gasteiger partial charge in [-0.3, -0.25) is 0 Å². The Labute approximate surface area is 124 Å². The minimum absolute atomic E-state index is 0.587. The molecule has 0 saturated carbocycles. The van der Waals surface area contributed by atoms with Crippen LogP contribution in [0.2, 0.25) is 0 Å². The van der Waals surface area contributed by atoms with Crippen LogP contribution in [0, 0.1) is 0 Å². The molecule has 0 bridgehead atoms. The lowest BCUT2D eigenvalue weighted by Crippen LogP contribution is -2.40. The van der Waals surface area contributed by atoms with E-state index in [2.05, 4.69) is 46.0 Å². The quantitative estimate of drug-likeness (QED) is 0.673. The van der Waals surface area contributed by atoms with Crippen molar-refractivity contribution in [2.24, 2.45) is 0 Å². The van der Waals surface area contributed by atoms with E-state index in [0.29, 0.717) is 11.9 Å². The molecule has 1 fully saturated rings. The third-order valence-corrected chi connectivity index (χ3v) is 4.53. The number of piperidine rings is 1. The fraction of sp³-hybridized carbons (Fsp3) is 0.600. The molecule has 1 heterocycles. The highest BCUT2D eigenvalue weighted by Crippen LogP contribution is 2.32. The van der Waals surface area contributed by atoms with Gasteiger partial charge in [-0.1, -0.05) is 29.3 Å². The molecule has 1 unspecified atom stereocenters. The Balaban J connectivity index is 2.27. The average molecular weight is 331 g/mol. The molecule has 1 aromatic carbocycles. The minimum Gasteiger partial charge on any atom is -0.368 e. The second-order valence-electron chi connectivity index (χ2n) is 5.04. The van der Waals surface area contributed by atoms with Crippen LogP contribution in [0.25, 0.3) is 0 Å². The van der Waals surface area contributed by atoms with Crippen LogP contribution in [0.1, 0.15) is 44.6 Å². The van der Waals surface area contributed by atoms with Crippen LogP contribution in [-0.4, -0.2) is 12.6 Å². The molecule has 1 aromatic rings. The van der Waals surface area contributed by atoms with Crippen LogP contribution in [0.15, 0.2) is 22.7 Å². The molecule has 0 amide bonds. The Bertz CT molecular complexity index is 392. The van der Waals surface area contributed by atoms with Crippen molar-refractivity contribution in [2.75, 3.05) is 11.4 Å². The predicted molar refractivity (Wildman–Crippen MR) is 83.6 cm³/mol. The lowest BCUT2D eigenvalue weighted by molar-refractivity contribution is 0.434. The average Bonchev–Trinajstić information content (AvgIpc) is 2.40. The first-order chi connectivity index (χ1) is 8.76. The molecule has 1 nitrogen and oxygen atoms in total. The monoisotopic (exact) mass is 329 g/mol. The van der Waals surface area contributed by atoms with Gasteiger partial charge in [0.25, 0.3) is 0 Å². The van der Waals surface area contributed by atoms with Crippen LogP contribution in [0.3, 0.4) is 0 Å². The molecule has 18 heavy (non-hydrogen) atoms. The van der Waals surface area contributed by atoms with E-state index in [4.69, 9.17) is 11.6 Å². The molecule has 0 radical (unpaired) electrons. The molecule has 3 heteroatoms. The van der Waals surface area contributed by atoms with Gasteiger partial charge in [-0.2, -0.15) is 0 Å². The highest BCUT2D eigenvalue weighted by atomic mass is 79.9. The number of benzene rings is 1. The smallest absolute Gasteiger partial charge is 0.0494 e. The fourth-order valence-corrected chi connectivity index (χ4v) is 3.51. The minimum atomic E-state index is 0.587. The summed E-state index contributed by atoms with van der Waals surface area (Å²) >= 11 is 9.63. The summed E-state index contributed by atoms with van der Waals surface area (Å²) in [6.45, 7) is 3.45. The number of halogens is 2. The summed E-state index contributed by atoms with van der Waals surface area (Å²) in [5.41, 5.74) is 2.58. The zero-order valence-corrected chi connectivity index (χ0v) is 13.3. The standard InChI is InChI=1S/C15H21BrClN/c1-2-5-14-6-3-4-9-18(14)15-8-7-13(16)10-12(15)11-17/h7-8,10,14H,2-6,9,11H2,1H3. The van der Waals surface area contributed by atoms with E-state index in [1.165, 1.54) is 49.9 Å². The van der Waals surface area contributed by atoms with Crippen molar-refractivity contribution in [3.05, 3.63) is 28.2 Å². The van der Waals surface area contributed by atoms with Crippen molar-refractivity contribution >= 4 is 33.2 Å². The van der Waals surface area contributed by atoms with E-state index >= 15 is 0 Å². The topological polar surface area (TPSA) is 3.24 Å². The molecule has 1 aliphatic rings. The Morgan fingerprint density at radius 2 is 2.22 bits per heavy atom. The predicted octanol–water partition coefficient (Wildman–Crippen LogP) is 5.35. The van der Waals surface area contributed by atoms with Crippen molar-refractivity contribution in [1.82, 2.24) is 0 Å². The lowest BCUT2D eigenvalue weighted by atomic mass is 9.96. The van der Waals surface area contributed by atoms with Gasteiger partial charge < -0.3 is 4.90 Å². The Morgan fingerprint density at radius 3 is 2.94 bits per heavy atom. The number of nitrogens with zero attached hydrogens (tertiary/aromatic N) is 1. The van der Waals surface area contributed by atoms with Crippen LogP contribution in [-0.2, 0) is 5.88 Å². The lowest BCUT2D eigenvalue weighted by Gasteiger charge is -2.38. The summed E-state index contributed by atoms with van der Waals surface area (Å²) < 4.78 is 1.12. The van der Waals surface area contributed by atoms with Gasteiger partial charge in [0.2, 0.25) is 0 Å². The van der Waals surface area contributed by atoms with Gasteiger partial charge in [-0.05, 0) is 49.4 Å². The molecule has 100 valence electrons. The van der Waals surface area contributed by atoms with Gasteiger partial charge in [0.15, 0.2) is 0 Å². The third kappa shape index (κ3) is 3.21. The Morgan fingerprint density at radius 1 is 1.39 bits per heavy atom. The SMILES string of the molecule is CCCC1CCCCN1c1ccc(Br)cc1CCl. The van der Waals surface area contributed by atoms with Crippen LogP contribution < -0.4 is 4.90 Å². The second kappa shape index (κ2) is 6.81. The highest BCUT2D eigenvalue weighted by Gasteiger charge is 2.23. The van der Waals surface area contributed by atoms with Crippen LogP contribution >= 0.6 is 27.5 Å². The Hall–Kier alpha value is -0.210. The van der Waals surface area contributed by atoms with Crippen molar-refractivity contribution in [1.29, 1.82) is 0 Å². The van der Waals surface area contributed by atoms with E-state index in [0.717, 1.165) is 4.47 Å². The molecule has 1 aliphatic heterocycles. The zero-order valence-electron chi connectivity index (χ0n) is 11.0. The summed E-state index contributed by atoms with van der Waals surface area (Å²) in [5, 5.41) is 0. The van der Waals surface area contributed by atoms with Crippen LogP contribution in [0.5, 0.6) is 0 Å². The molecule has 0 spiro atoms. The van der Waals surface area contributed by atoms with Gasteiger partial charge in [-0.25, -0.2) is 0 Å². The molecule has 1 atom stereocenters. The number of rotatable bonds is 4. The summed E-state index contributed by atoms with van der Waals surface area (Å²) in [5.74, 6) is 0.587. The van der Waals surface area contributed by atoms with E-state index in [1.807, 2.05) is 0 Å². The maximum Gasteiger partial charge on any atom is 0.0494 e. The van der Waals surface area contributed by atoms with Gasteiger partial charge in [0.1, 0.15) is 0 Å². The van der Waals surface area contributed by atoms with E-state index < -0.39 is 0 Å². The maximum absolute atomic E-state index is 6.10. The first-order valence-electron chi connectivity index (χ1n) is 6.87. The normalized spacial score (nSPS) is 20.2. The first kappa shape index (κ1) is 14.2. The van der Waals surface area contributed by atoms with E-state index in [1.54, 1.807) is 0 Å². The third-order valence-electron chi connectivity index (χ3n) is 3.74. The van der Waals surface area contributed by atoms with Gasteiger partial charge in [0, 0.05) is 28.6 Å².